The zero-order valence-electron chi connectivity index (χ0n) is 17.1. The number of likely N-dealkylation sites (tertiary alicyclic amines) is 2. The summed E-state index contributed by atoms with van der Waals surface area (Å²) < 4.78 is 0. The van der Waals surface area contributed by atoms with Crippen molar-refractivity contribution in [2.24, 2.45) is 0 Å². The van der Waals surface area contributed by atoms with Gasteiger partial charge in [0.15, 0.2) is 0 Å². The Kier molecular flexibility index (Phi) is 5.58. The van der Waals surface area contributed by atoms with E-state index in [1.165, 1.54) is 10.5 Å². The molecule has 0 aliphatic carbocycles. The lowest BCUT2D eigenvalue weighted by Crippen LogP contribution is -2.56. The van der Waals surface area contributed by atoms with Crippen molar-refractivity contribution in [1.82, 2.24) is 20.0 Å². The number of rotatable bonds is 4. The number of urea groups is 1. The quantitative estimate of drug-likeness (QED) is 0.783. The standard InChI is InChI=1S/C22H30N4O3/c1-17(27)25-12-5-8-19(16-25)26-20(28)22(23-21(26)29)10-14-24(15-11-22)13-9-18-6-3-2-4-7-18/h2-4,6-7,19H,5,8-16H2,1H3,(H,23,29)/t19-/m0/s1. The number of nitrogens with zero attached hydrogens (tertiary/aromatic N) is 3. The van der Waals surface area contributed by atoms with Crippen molar-refractivity contribution in [3.63, 3.8) is 0 Å². The summed E-state index contributed by atoms with van der Waals surface area (Å²) in [4.78, 5) is 43.2. The van der Waals surface area contributed by atoms with Crippen molar-refractivity contribution in [2.45, 2.75) is 50.6 Å². The Balaban J connectivity index is 1.35. The molecule has 3 saturated heterocycles. The monoisotopic (exact) mass is 398 g/mol. The summed E-state index contributed by atoms with van der Waals surface area (Å²) >= 11 is 0. The van der Waals surface area contributed by atoms with Crippen LogP contribution >= 0.6 is 0 Å². The topological polar surface area (TPSA) is 73.0 Å². The molecule has 0 unspecified atom stereocenters. The molecule has 1 N–H and O–H groups in total. The fourth-order valence-electron chi connectivity index (χ4n) is 4.85. The van der Waals surface area contributed by atoms with Gasteiger partial charge in [-0.15, -0.1) is 0 Å². The predicted molar refractivity (Wildman–Crippen MR) is 109 cm³/mol. The average Bonchev–Trinajstić information content (AvgIpc) is 2.98. The number of amides is 4. The van der Waals surface area contributed by atoms with Crippen LogP contribution in [0.4, 0.5) is 4.79 Å². The van der Waals surface area contributed by atoms with E-state index in [0.29, 0.717) is 25.9 Å². The maximum Gasteiger partial charge on any atom is 0.325 e. The number of carbonyl (C=O) groups excluding carboxylic acids is 3. The number of imide groups is 1. The highest BCUT2D eigenvalue weighted by atomic mass is 16.2. The second kappa shape index (κ2) is 8.14. The van der Waals surface area contributed by atoms with Crippen LogP contribution in [-0.2, 0) is 16.0 Å². The number of nitrogens with one attached hydrogen (secondary N) is 1. The predicted octanol–water partition coefficient (Wildman–Crippen LogP) is 1.63. The molecular formula is C22H30N4O3. The van der Waals surface area contributed by atoms with Crippen LogP contribution in [0.2, 0.25) is 0 Å². The van der Waals surface area contributed by atoms with Crippen LogP contribution in [0.25, 0.3) is 0 Å². The van der Waals surface area contributed by atoms with Gasteiger partial charge in [-0.3, -0.25) is 14.5 Å². The minimum atomic E-state index is -0.765. The number of hydrogen-bond acceptors (Lipinski definition) is 4. The molecule has 7 heteroatoms. The SMILES string of the molecule is CC(=O)N1CCC[C@H](N2C(=O)NC3(CCN(CCc4ccccc4)CC3)C2=O)C1. The van der Waals surface area contributed by atoms with E-state index in [1.807, 2.05) is 6.07 Å². The summed E-state index contributed by atoms with van der Waals surface area (Å²) in [7, 11) is 0. The molecule has 3 aliphatic rings. The molecule has 0 radical (unpaired) electrons. The van der Waals surface area contributed by atoms with E-state index in [-0.39, 0.29) is 23.9 Å². The molecule has 1 spiro atoms. The van der Waals surface area contributed by atoms with Gasteiger partial charge in [0.25, 0.3) is 5.91 Å². The average molecular weight is 399 g/mol. The van der Waals surface area contributed by atoms with Crippen LogP contribution in [-0.4, -0.2) is 76.8 Å². The number of carbonyl (C=O) groups is 3. The van der Waals surface area contributed by atoms with Gasteiger partial charge in [0.05, 0.1) is 6.04 Å². The summed E-state index contributed by atoms with van der Waals surface area (Å²) in [5, 5.41) is 3.01. The van der Waals surface area contributed by atoms with E-state index in [4.69, 9.17) is 0 Å². The molecule has 1 atom stereocenters. The summed E-state index contributed by atoms with van der Waals surface area (Å²) in [5.74, 6) is -0.0937. The molecule has 29 heavy (non-hydrogen) atoms. The Bertz CT molecular complexity index is 774. The normalized spacial score (nSPS) is 24.8. The fraction of sp³-hybridized carbons (Fsp3) is 0.591. The summed E-state index contributed by atoms with van der Waals surface area (Å²) in [6.45, 7) is 5.27. The van der Waals surface area contributed by atoms with E-state index in [9.17, 15) is 14.4 Å². The van der Waals surface area contributed by atoms with Gasteiger partial charge in [0, 0.05) is 39.6 Å². The molecular weight excluding hydrogens is 368 g/mol. The highest BCUT2D eigenvalue weighted by molar-refractivity contribution is 6.07. The van der Waals surface area contributed by atoms with E-state index in [1.54, 1.807) is 11.8 Å². The van der Waals surface area contributed by atoms with Crippen molar-refractivity contribution < 1.29 is 14.4 Å². The van der Waals surface area contributed by atoms with Crippen LogP contribution in [0.15, 0.2) is 30.3 Å². The molecule has 4 rings (SSSR count). The number of hydrogen-bond donors (Lipinski definition) is 1. The first-order valence-corrected chi connectivity index (χ1v) is 10.7. The summed E-state index contributed by atoms with van der Waals surface area (Å²) in [6.07, 6.45) is 3.87. The minimum Gasteiger partial charge on any atom is -0.341 e. The van der Waals surface area contributed by atoms with Crippen molar-refractivity contribution in [1.29, 1.82) is 0 Å². The van der Waals surface area contributed by atoms with Gasteiger partial charge in [-0.1, -0.05) is 30.3 Å². The van der Waals surface area contributed by atoms with Crippen LogP contribution < -0.4 is 5.32 Å². The number of benzene rings is 1. The van der Waals surface area contributed by atoms with Gasteiger partial charge < -0.3 is 15.1 Å². The molecule has 0 bridgehead atoms. The van der Waals surface area contributed by atoms with E-state index < -0.39 is 5.54 Å². The van der Waals surface area contributed by atoms with Crippen LogP contribution in [0.3, 0.4) is 0 Å². The Labute approximate surface area is 172 Å². The van der Waals surface area contributed by atoms with E-state index >= 15 is 0 Å². The van der Waals surface area contributed by atoms with Gasteiger partial charge in [-0.2, -0.15) is 0 Å². The Morgan fingerprint density at radius 3 is 2.55 bits per heavy atom. The highest BCUT2D eigenvalue weighted by Crippen LogP contribution is 2.32. The maximum atomic E-state index is 13.3. The first kappa shape index (κ1) is 19.9. The Morgan fingerprint density at radius 1 is 1.14 bits per heavy atom. The molecule has 7 nitrogen and oxygen atoms in total. The zero-order chi connectivity index (χ0) is 20.4. The largest absolute Gasteiger partial charge is 0.341 e. The third-order valence-electron chi connectivity index (χ3n) is 6.67. The molecule has 3 fully saturated rings. The minimum absolute atomic E-state index is 0.00296. The molecule has 1 aromatic carbocycles. The second-order valence-electron chi connectivity index (χ2n) is 8.53. The molecule has 3 aliphatic heterocycles. The van der Waals surface area contributed by atoms with Crippen molar-refractivity contribution >= 4 is 17.8 Å². The third kappa shape index (κ3) is 4.01. The molecule has 0 saturated carbocycles. The molecule has 4 amide bonds. The zero-order valence-corrected chi connectivity index (χ0v) is 17.1. The summed E-state index contributed by atoms with van der Waals surface area (Å²) in [6, 6.07) is 9.91. The van der Waals surface area contributed by atoms with Gasteiger partial charge >= 0.3 is 6.03 Å². The fourth-order valence-corrected chi connectivity index (χ4v) is 4.85. The molecule has 0 aromatic heterocycles. The molecule has 3 heterocycles. The third-order valence-corrected chi connectivity index (χ3v) is 6.67. The summed E-state index contributed by atoms with van der Waals surface area (Å²) in [5.41, 5.74) is 0.551. The lowest BCUT2D eigenvalue weighted by molar-refractivity contribution is -0.138. The van der Waals surface area contributed by atoms with Gasteiger partial charge in [0.1, 0.15) is 5.54 Å². The van der Waals surface area contributed by atoms with E-state index in [0.717, 1.165) is 38.9 Å². The second-order valence-corrected chi connectivity index (χ2v) is 8.53. The van der Waals surface area contributed by atoms with E-state index in [2.05, 4.69) is 34.5 Å². The van der Waals surface area contributed by atoms with Crippen molar-refractivity contribution in [2.75, 3.05) is 32.7 Å². The first-order valence-electron chi connectivity index (χ1n) is 10.7. The lowest BCUT2D eigenvalue weighted by atomic mass is 9.87. The first-order chi connectivity index (χ1) is 14.0. The Hall–Kier alpha value is -2.41. The lowest BCUT2D eigenvalue weighted by Gasteiger charge is -2.39. The Morgan fingerprint density at radius 2 is 1.86 bits per heavy atom. The highest BCUT2D eigenvalue weighted by Gasteiger charge is 2.54. The van der Waals surface area contributed by atoms with Crippen LogP contribution in [0.1, 0.15) is 38.2 Å². The maximum absolute atomic E-state index is 13.3. The number of piperidine rings is 2. The van der Waals surface area contributed by atoms with Gasteiger partial charge in [-0.25, -0.2) is 4.79 Å². The van der Waals surface area contributed by atoms with Crippen molar-refractivity contribution in [3.8, 4) is 0 Å². The molecule has 1 aromatic rings. The van der Waals surface area contributed by atoms with Gasteiger partial charge in [-0.05, 0) is 37.7 Å². The van der Waals surface area contributed by atoms with Crippen molar-refractivity contribution in [3.05, 3.63) is 35.9 Å². The van der Waals surface area contributed by atoms with Gasteiger partial charge in [0.2, 0.25) is 5.91 Å². The molecule has 156 valence electrons. The smallest absolute Gasteiger partial charge is 0.325 e. The van der Waals surface area contributed by atoms with Crippen LogP contribution in [0.5, 0.6) is 0 Å². The van der Waals surface area contributed by atoms with Crippen LogP contribution in [0, 0.1) is 0 Å².